The molecule has 2 rings (SSSR count). The summed E-state index contributed by atoms with van der Waals surface area (Å²) in [6, 6.07) is 0. The van der Waals surface area contributed by atoms with E-state index in [1.165, 1.54) is 0 Å². The molecule has 0 saturated heterocycles. The molecule has 2 aromatic heterocycles. The molecule has 0 saturated carbocycles. The van der Waals surface area contributed by atoms with Crippen LogP contribution >= 0.6 is 11.3 Å². The normalized spacial score (nSPS) is 10.6. The van der Waals surface area contributed by atoms with Gasteiger partial charge in [0.2, 0.25) is 5.89 Å². The zero-order valence-electron chi connectivity index (χ0n) is 7.86. The lowest BCUT2D eigenvalue weighted by Crippen LogP contribution is -2.12. The molecule has 74 valence electrons. The molecule has 0 unspecified atom stereocenters. The zero-order valence-corrected chi connectivity index (χ0v) is 8.67. The van der Waals surface area contributed by atoms with Gasteiger partial charge in [-0.2, -0.15) is 0 Å². The van der Waals surface area contributed by atoms with Gasteiger partial charge in [0.1, 0.15) is 10.8 Å². The Bertz CT molecular complexity index is 382. The van der Waals surface area contributed by atoms with Crippen molar-refractivity contribution in [3.05, 3.63) is 34.4 Å². The van der Waals surface area contributed by atoms with Crippen molar-refractivity contribution in [3.8, 4) is 0 Å². The highest BCUT2D eigenvalue weighted by atomic mass is 32.1. The van der Waals surface area contributed by atoms with Crippen molar-refractivity contribution >= 4 is 11.3 Å². The number of nitrogens with zero attached hydrogens (tertiary/aromatic N) is 2. The summed E-state index contributed by atoms with van der Waals surface area (Å²) < 4.78 is 5.31. The lowest BCUT2D eigenvalue weighted by Gasteiger charge is -1.97. The van der Waals surface area contributed by atoms with Gasteiger partial charge >= 0.3 is 0 Å². The van der Waals surface area contributed by atoms with E-state index < -0.39 is 0 Å². The maximum Gasteiger partial charge on any atom is 0.208 e. The molecule has 0 fully saturated rings. The van der Waals surface area contributed by atoms with Gasteiger partial charge in [0.25, 0.3) is 0 Å². The van der Waals surface area contributed by atoms with E-state index in [4.69, 9.17) is 4.42 Å². The first-order valence-electron chi connectivity index (χ1n) is 4.35. The van der Waals surface area contributed by atoms with Crippen LogP contribution in [0.25, 0.3) is 0 Å². The van der Waals surface area contributed by atoms with Gasteiger partial charge in [-0.15, -0.1) is 11.3 Å². The van der Waals surface area contributed by atoms with Gasteiger partial charge < -0.3 is 9.73 Å². The first kappa shape index (κ1) is 9.36. The number of hydrogen-bond donors (Lipinski definition) is 1. The van der Waals surface area contributed by atoms with E-state index in [1.807, 2.05) is 12.3 Å². The largest absolute Gasteiger partial charge is 0.445 e. The number of hydrogen-bond acceptors (Lipinski definition) is 5. The van der Waals surface area contributed by atoms with E-state index >= 15 is 0 Å². The Morgan fingerprint density at radius 2 is 2.36 bits per heavy atom. The Balaban J connectivity index is 1.78. The molecule has 0 bridgehead atoms. The Hall–Kier alpha value is -1.20. The topological polar surface area (TPSA) is 51.0 Å². The monoisotopic (exact) mass is 209 g/mol. The molecule has 0 aliphatic rings. The third-order valence-corrected chi connectivity index (χ3v) is 2.48. The standard InChI is InChI=1S/C9H11N3OS/c1-7-4-12-8(13-7)5-10-6-9-11-2-3-14-9/h2-4,10H,5-6H2,1H3. The van der Waals surface area contributed by atoms with Crippen LogP contribution in [0.2, 0.25) is 0 Å². The van der Waals surface area contributed by atoms with Gasteiger partial charge in [-0.1, -0.05) is 0 Å². The van der Waals surface area contributed by atoms with Gasteiger partial charge in [0.05, 0.1) is 12.7 Å². The number of rotatable bonds is 4. The maximum absolute atomic E-state index is 5.31. The summed E-state index contributed by atoms with van der Waals surface area (Å²) in [5.41, 5.74) is 0. The van der Waals surface area contributed by atoms with E-state index in [0.717, 1.165) is 23.2 Å². The number of nitrogens with one attached hydrogen (secondary N) is 1. The molecule has 1 N–H and O–H groups in total. The fourth-order valence-electron chi connectivity index (χ4n) is 1.10. The van der Waals surface area contributed by atoms with E-state index in [9.17, 15) is 0 Å². The number of aromatic nitrogens is 2. The minimum atomic E-state index is 0.646. The third kappa shape index (κ3) is 2.40. The van der Waals surface area contributed by atoms with Crippen molar-refractivity contribution in [1.29, 1.82) is 0 Å². The lowest BCUT2D eigenvalue weighted by atomic mass is 10.6. The Morgan fingerprint density at radius 1 is 1.43 bits per heavy atom. The quantitative estimate of drug-likeness (QED) is 0.833. The van der Waals surface area contributed by atoms with Crippen molar-refractivity contribution in [1.82, 2.24) is 15.3 Å². The molecule has 5 heteroatoms. The highest BCUT2D eigenvalue weighted by Gasteiger charge is 2.00. The molecule has 0 aliphatic carbocycles. The molecule has 0 aromatic carbocycles. The highest BCUT2D eigenvalue weighted by molar-refractivity contribution is 7.09. The number of oxazole rings is 1. The highest BCUT2D eigenvalue weighted by Crippen LogP contribution is 2.04. The summed E-state index contributed by atoms with van der Waals surface area (Å²) in [7, 11) is 0. The fourth-order valence-corrected chi connectivity index (χ4v) is 1.69. The SMILES string of the molecule is Cc1cnc(CNCc2nccs2)o1. The van der Waals surface area contributed by atoms with E-state index in [1.54, 1.807) is 23.7 Å². The smallest absolute Gasteiger partial charge is 0.208 e. The maximum atomic E-state index is 5.31. The van der Waals surface area contributed by atoms with Crippen LogP contribution in [0.5, 0.6) is 0 Å². The molecule has 14 heavy (non-hydrogen) atoms. The second-order valence-corrected chi connectivity index (χ2v) is 3.87. The Morgan fingerprint density at radius 3 is 3.00 bits per heavy atom. The molecule has 0 atom stereocenters. The van der Waals surface area contributed by atoms with Crippen molar-refractivity contribution in [2.24, 2.45) is 0 Å². The van der Waals surface area contributed by atoms with Crippen molar-refractivity contribution in [3.63, 3.8) is 0 Å². The Labute approximate surface area is 86.0 Å². The van der Waals surface area contributed by atoms with Gasteiger partial charge in [-0.25, -0.2) is 9.97 Å². The molecular formula is C9H11N3OS. The predicted octanol–water partition coefficient (Wildman–Crippen LogP) is 1.73. The average Bonchev–Trinajstić information content (AvgIpc) is 2.77. The summed E-state index contributed by atoms with van der Waals surface area (Å²) >= 11 is 1.64. The van der Waals surface area contributed by atoms with E-state index in [-0.39, 0.29) is 0 Å². The van der Waals surface area contributed by atoms with Crippen LogP contribution in [0, 0.1) is 6.92 Å². The summed E-state index contributed by atoms with van der Waals surface area (Å²) in [4.78, 5) is 8.25. The molecule has 0 spiro atoms. The van der Waals surface area contributed by atoms with Crippen LogP contribution in [-0.2, 0) is 13.1 Å². The molecule has 0 amide bonds. The minimum absolute atomic E-state index is 0.646. The zero-order chi connectivity index (χ0) is 9.80. The van der Waals surface area contributed by atoms with Crippen molar-refractivity contribution < 1.29 is 4.42 Å². The fraction of sp³-hybridized carbons (Fsp3) is 0.333. The summed E-state index contributed by atoms with van der Waals surface area (Å²) in [5, 5.41) is 6.25. The van der Waals surface area contributed by atoms with Gasteiger partial charge in [-0.05, 0) is 6.92 Å². The second kappa shape index (κ2) is 4.34. The molecule has 0 aliphatic heterocycles. The van der Waals surface area contributed by atoms with Crippen LogP contribution in [0.1, 0.15) is 16.7 Å². The second-order valence-electron chi connectivity index (χ2n) is 2.89. The number of thiazole rings is 1. The summed E-state index contributed by atoms with van der Waals surface area (Å²) in [5.74, 6) is 1.56. The number of aryl methyl sites for hydroxylation is 1. The van der Waals surface area contributed by atoms with Crippen LogP contribution in [0.3, 0.4) is 0 Å². The molecule has 2 heterocycles. The van der Waals surface area contributed by atoms with E-state index in [2.05, 4.69) is 15.3 Å². The van der Waals surface area contributed by atoms with Gasteiger partial charge in [-0.3, -0.25) is 0 Å². The van der Waals surface area contributed by atoms with Gasteiger partial charge in [0, 0.05) is 18.1 Å². The minimum Gasteiger partial charge on any atom is -0.445 e. The average molecular weight is 209 g/mol. The van der Waals surface area contributed by atoms with Crippen LogP contribution in [0.4, 0.5) is 0 Å². The first-order chi connectivity index (χ1) is 6.84. The van der Waals surface area contributed by atoms with Gasteiger partial charge in [0.15, 0.2) is 0 Å². The molecule has 4 nitrogen and oxygen atoms in total. The third-order valence-electron chi connectivity index (χ3n) is 1.71. The molecule has 0 radical (unpaired) electrons. The summed E-state index contributed by atoms with van der Waals surface area (Å²) in [6.07, 6.45) is 3.53. The first-order valence-corrected chi connectivity index (χ1v) is 5.23. The van der Waals surface area contributed by atoms with Crippen LogP contribution < -0.4 is 5.32 Å². The molecule has 2 aromatic rings. The lowest BCUT2D eigenvalue weighted by molar-refractivity contribution is 0.449. The van der Waals surface area contributed by atoms with Crippen molar-refractivity contribution in [2.45, 2.75) is 20.0 Å². The predicted molar refractivity (Wildman–Crippen MR) is 53.9 cm³/mol. The van der Waals surface area contributed by atoms with Crippen molar-refractivity contribution in [2.75, 3.05) is 0 Å². The summed E-state index contributed by atoms with van der Waals surface area (Å²) in [6.45, 7) is 3.30. The Kier molecular flexibility index (Phi) is 2.90. The molecular weight excluding hydrogens is 198 g/mol. The van der Waals surface area contributed by atoms with Crippen LogP contribution in [-0.4, -0.2) is 9.97 Å². The van der Waals surface area contributed by atoms with Crippen LogP contribution in [0.15, 0.2) is 22.2 Å². The van der Waals surface area contributed by atoms with E-state index in [0.29, 0.717) is 6.54 Å².